The molecule has 1 heterocycles. The largest absolute Gasteiger partial charge is 0.368 e. The number of nitrogens with zero attached hydrogens (tertiary/aromatic N) is 2. The summed E-state index contributed by atoms with van der Waals surface area (Å²) in [6, 6.07) is 4.75. The van der Waals surface area contributed by atoms with Gasteiger partial charge in [0.1, 0.15) is 5.82 Å². The SMILES string of the molecule is CCCC(=O)N1CCN(c2ccc(F)c(Cl)c2)CC1. The number of carbonyl (C=O) groups excluding carboxylic acids is 1. The Morgan fingerprint density at radius 1 is 1.32 bits per heavy atom. The van der Waals surface area contributed by atoms with Crippen molar-refractivity contribution in [3.8, 4) is 0 Å². The summed E-state index contributed by atoms with van der Waals surface area (Å²) >= 11 is 5.79. The van der Waals surface area contributed by atoms with Crippen molar-refractivity contribution in [3.05, 3.63) is 29.0 Å². The standard InChI is InChI=1S/C14H18ClFN2O/c1-2-3-14(19)18-8-6-17(7-9-18)11-4-5-13(16)12(15)10-11/h4-5,10H,2-3,6-9H2,1H3. The second-order valence-electron chi connectivity index (χ2n) is 4.72. The van der Waals surface area contributed by atoms with Crippen molar-refractivity contribution in [2.45, 2.75) is 19.8 Å². The minimum absolute atomic E-state index is 0.141. The van der Waals surface area contributed by atoms with E-state index in [9.17, 15) is 9.18 Å². The number of carbonyl (C=O) groups is 1. The summed E-state index contributed by atoms with van der Waals surface area (Å²) < 4.78 is 13.1. The molecule has 5 heteroatoms. The van der Waals surface area contributed by atoms with Crippen molar-refractivity contribution in [1.82, 2.24) is 4.90 Å². The van der Waals surface area contributed by atoms with Gasteiger partial charge in [-0.3, -0.25) is 4.79 Å². The highest BCUT2D eigenvalue weighted by atomic mass is 35.5. The fourth-order valence-corrected chi connectivity index (χ4v) is 2.44. The molecule has 0 N–H and O–H groups in total. The molecular weight excluding hydrogens is 267 g/mol. The second-order valence-corrected chi connectivity index (χ2v) is 5.12. The van der Waals surface area contributed by atoms with E-state index in [4.69, 9.17) is 11.6 Å². The third kappa shape index (κ3) is 3.38. The Morgan fingerprint density at radius 3 is 2.58 bits per heavy atom. The predicted molar refractivity (Wildman–Crippen MR) is 75.1 cm³/mol. The van der Waals surface area contributed by atoms with E-state index in [1.54, 1.807) is 12.1 Å². The van der Waals surface area contributed by atoms with Gasteiger partial charge in [0.15, 0.2) is 0 Å². The van der Waals surface area contributed by atoms with E-state index >= 15 is 0 Å². The number of halogens is 2. The first kappa shape index (κ1) is 14.1. The summed E-state index contributed by atoms with van der Waals surface area (Å²) in [6.45, 7) is 4.96. The third-order valence-corrected chi connectivity index (χ3v) is 3.65. The molecule has 0 aromatic heterocycles. The van der Waals surface area contributed by atoms with Crippen LogP contribution in [-0.2, 0) is 4.79 Å². The number of benzene rings is 1. The van der Waals surface area contributed by atoms with Crippen molar-refractivity contribution in [2.24, 2.45) is 0 Å². The summed E-state index contributed by atoms with van der Waals surface area (Å²) in [4.78, 5) is 15.8. The minimum atomic E-state index is -0.401. The van der Waals surface area contributed by atoms with Crippen LogP contribution >= 0.6 is 11.6 Å². The zero-order valence-corrected chi connectivity index (χ0v) is 11.8. The van der Waals surface area contributed by atoms with Crippen molar-refractivity contribution < 1.29 is 9.18 Å². The lowest BCUT2D eigenvalue weighted by Gasteiger charge is -2.36. The molecule has 0 radical (unpaired) electrons. The van der Waals surface area contributed by atoms with Crippen LogP contribution < -0.4 is 4.90 Å². The lowest BCUT2D eigenvalue weighted by Crippen LogP contribution is -2.48. The molecule has 2 rings (SSSR count). The highest BCUT2D eigenvalue weighted by molar-refractivity contribution is 6.31. The van der Waals surface area contributed by atoms with Crippen molar-refractivity contribution in [2.75, 3.05) is 31.1 Å². The van der Waals surface area contributed by atoms with E-state index in [1.165, 1.54) is 6.07 Å². The Bertz CT molecular complexity index is 459. The lowest BCUT2D eigenvalue weighted by molar-refractivity contribution is -0.131. The summed E-state index contributed by atoms with van der Waals surface area (Å²) in [6.07, 6.45) is 1.50. The molecule has 19 heavy (non-hydrogen) atoms. The Hall–Kier alpha value is -1.29. The number of rotatable bonds is 3. The third-order valence-electron chi connectivity index (χ3n) is 3.36. The molecule has 0 atom stereocenters. The van der Waals surface area contributed by atoms with Gasteiger partial charge in [-0.15, -0.1) is 0 Å². The van der Waals surface area contributed by atoms with Crippen molar-refractivity contribution in [1.29, 1.82) is 0 Å². The zero-order valence-electron chi connectivity index (χ0n) is 11.0. The smallest absolute Gasteiger partial charge is 0.222 e. The number of amides is 1. The zero-order chi connectivity index (χ0) is 13.8. The maximum atomic E-state index is 13.1. The van der Waals surface area contributed by atoms with Gasteiger partial charge in [0.25, 0.3) is 0 Å². The van der Waals surface area contributed by atoms with Crippen LogP contribution in [0.1, 0.15) is 19.8 Å². The molecule has 1 fully saturated rings. The molecule has 1 aliphatic rings. The van der Waals surface area contributed by atoms with Crippen LogP contribution in [0.25, 0.3) is 0 Å². The first-order valence-corrected chi connectivity index (χ1v) is 6.97. The molecular formula is C14H18ClFN2O. The number of piperazine rings is 1. The Balaban J connectivity index is 1.96. The predicted octanol–water partition coefficient (Wildman–Crippen LogP) is 2.93. The van der Waals surface area contributed by atoms with E-state index in [0.29, 0.717) is 19.5 Å². The molecule has 0 unspecified atom stereocenters. The molecule has 1 amide bonds. The van der Waals surface area contributed by atoms with Gasteiger partial charge in [0, 0.05) is 38.3 Å². The van der Waals surface area contributed by atoms with Crippen LogP contribution in [0.3, 0.4) is 0 Å². The van der Waals surface area contributed by atoms with Crippen molar-refractivity contribution >= 4 is 23.2 Å². The molecule has 1 aromatic rings. The van der Waals surface area contributed by atoms with Gasteiger partial charge in [0.05, 0.1) is 5.02 Å². The quantitative estimate of drug-likeness (QED) is 0.852. The fraction of sp³-hybridized carbons (Fsp3) is 0.500. The molecule has 104 valence electrons. The Kier molecular flexibility index (Phi) is 4.64. The normalized spacial score (nSPS) is 15.7. The Labute approximate surface area is 117 Å². The Morgan fingerprint density at radius 2 is 2.00 bits per heavy atom. The van der Waals surface area contributed by atoms with E-state index in [1.807, 2.05) is 11.8 Å². The topological polar surface area (TPSA) is 23.6 Å². The number of hydrogen-bond donors (Lipinski definition) is 0. The molecule has 0 bridgehead atoms. The van der Waals surface area contributed by atoms with Gasteiger partial charge < -0.3 is 9.80 Å². The molecule has 0 aliphatic carbocycles. The van der Waals surface area contributed by atoms with Gasteiger partial charge in [0.2, 0.25) is 5.91 Å². The van der Waals surface area contributed by atoms with Crippen LogP contribution in [0.2, 0.25) is 5.02 Å². The molecule has 1 saturated heterocycles. The summed E-state index contributed by atoms with van der Waals surface area (Å²) in [7, 11) is 0. The van der Waals surface area contributed by atoms with Gasteiger partial charge in [-0.05, 0) is 24.6 Å². The highest BCUT2D eigenvalue weighted by Crippen LogP contribution is 2.23. The first-order valence-electron chi connectivity index (χ1n) is 6.59. The summed E-state index contributed by atoms with van der Waals surface area (Å²) in [5, 5.41) is 0.141. The fourth-order valence-electron chi connectivity index (χ4n) is 2.27. The maximum absolute atomic E-state index is 13.1. The van der Waals surface area contributed by atoms with E-state index in [0.717, 1.165) is 25.2 Å². The average molecular weight is 285 g/mol. The first-order chi connectivity index (χ1) is 9.11. The van der Waals surface area contributed by atoms with E-state index in [2.05, 4.69) is 4.90 Å². The minimum Gasteiger partial charge on any atom is -0.368 e. The van der Waals surface area contributed by atoms with Gasteiger partial charge in [-0.25, -0.2) is 4.39 Å². The summed E-state index contributed by atoms with van der Waals surface area (Å²) in [5.41, 5.74) is 0.911. The monoisotopic (exact) mass is 284 g/mol. The molecule has 0 saturated carbocycles. The average Bonchev–Trinajstić information content (AvgIpc) is 2.42. The van der Waals surface area contributed by atoms with Gasteiger partial charge in [-0.2, -0.15) is 0 Å². The number of hydrogen-bond acceptors (Lipinski definition) is 2. The van der Waals surface area contributed by atoms with Gasteiger partial charge >= 0.3 is 0 Å². The van der Waals surface area contributed by atoms with Crippen LogP contribution in [-0.4, -0.2) is 37.0 Å². The molecule has 1 aliphatic heterocycles. The van der Waals surface area contributed by atoms with Crippen LogP contribution in [0, 0.1) is 5.82 Å². The van der Waals surface area contributed by atoms with E-state index < -0.39 is 5.82 Å². The highest BCUT2D eigenvalue weighted by Gasteiger charge is 2.20. The van der Waals surface area contributed by atoms with Crippen LogP contribution in [0.4, 0.5) is 10.1 Å². The molecule has 0 spiro atoms. The van der Waals surface area contributed by atoms with Crippen LogP contribution in [0.5, 0.6) is 0 Å². The molecule has 1 aromatic carbocycles. The number of anilines is 1. The second kappa shape index (κ2) is 6.24. The molecule has 3 nitrogen and oxygen atoms in total. The maximum Gasteiger partial charge on any atom is 0.222 e. The van der Waals surface area contributed by atoms with Crippen molar-refractivity contribution in [3.63, 3.8) is 0 Å². The van der Waals surface area contributed by atoms with Crippen LogP contribution in [0.15, 0.2) is 18.2 Å². The summed E-state index contributed by atoms with van der Waals surface area (Å²) in [5.74, 6) is -0.179. The van der Waals surface area contributed by atoms with Gasteiger partial charge in [-0.1, -0.05) is 18.5 Å². The lowest BCUT2D eigenvalue weighted by atomic mass is 10.2. The van der Waals surface area contributed by atoms with E-state index in [-0.39, 0.29) is 10.9 Å².